The minimum absolute atomic E-state index is 0.0980. The van der Waals surface area contributed by atoms with Crippen LogP contribution in [0.3, 0.4) is 0 Å². The Labute approximate surface area is 205 Å². The zero-order valence-corrected chi connectivity index (χ0v) is 20.5. The van der Waals surface area contributed by atoms with E-state index in [1.165, 1.54) is 0 Å². The number of aromatic nitrogens is 3. The summed E-state index contributed by atoms with van der Waals surface area (Å²) in [6.45, 7) is 5.84. The monoisotopic (exact) mass is 476 g/mol. The zero-order chi connectivity index (χ0) is 24.1. The molecule has 7 heteroatoms. The lowest BCUT2D eigenvalue weighted by Gasteiger charge is -2.24. The SMILES string of the molecule is COc1cccc(Cn2c(CN(CCC(C)C)C(=O)c3ccccc3Cl)nc3cccnc32)c1. The molecule has 34 heavy (non-hydrogen) atoms. The number of imidazole rings is 1. The number of halogens is 1. The maximum atomic E-state index is 13.5. The largest absolute Gasteiger partial charge is 0.497 e. The highest BCUT2D eigenvalue weighted by atomic mass is 35.5. The minimum atomic E-state index is -0.0980. The maximum Gasteiger partial charge on any atom is 0.255 e. The third kappa shape index (κ3) is 5.39. The molecule has 0 saturated heterocycles. The van der Waals surface area contributed by atoms with E-state index >= 15 is 0 Å². The molecule has 1 amide bonds. The minimum Gasteiger partial charge on any atom is -0.497 e. The third-order valence-electron chi connectivity index (χ3n) is 5.76. The molecule has 4 aromatic rings. The van der Waals surface area contributed by atoms with Gasteiger partial charge < -0.3 is 14.2 Å². The van der Waals surface area contributed by atoms with E-state index in [0.29, 0.717) is 36.1 Å². The molecule has 0 unspecified atom stereocenters. The number of pyridine rings is 1. The highest BCUT2D eigenvalue weighted by molar-refractivity contribution is 6.33. The van der Waals surface area contributed by atoms with E-state index in [4.69, 9.17) is 21.3 Å². The Kier molecular flexibility index (Phi) is 7.48. The first-order chi connectivity index (χ1) is 16.5. The lowest BCUT2D eigenvalue weighted by atomic mass is 10.1. The summed E-state index contributed by atoms with van der Waals surface area (Å²) in [4.78, 5) is 24.8. The summed E-state index contributed by atoms with van der Waals surface area (Å²) in [6.07, 6.45) is 2.64. The zero-order valence-electron chi connectivity index (χ0n) is 19.7. The number of hydrogen-bond acceptors (Lipinski definition) is 4. The molecule has 0 bridgehead atoms. The Hall–Kier alpha value is -3.38. The fourth-order valence-electron chi connectivity index (χ4n) is 3.89. The van der Waals surface area contributed by atoms with Crippen molar-refractivity contribution < 1.29 is 9.53 Å². The van der Waals surface area contributed by atoms with Crippen molar-refractivity contribution in [1.29, 1.82) is 0 Å². The van der Waals surface area contributed by atoms with Gasteiger partial charge in [0.15, 0.2) is 5.65 Å². The Bertz CT molecular complexity index is 1280. The number of amides is 1. The first-order valence-electron chi connectivity index (χ1n) is 11.4. The van der Waals surface area contributed by atoms with Crippen LogP contribution in [0.2, 0.25) is 5.02 Å². The number of benzene rings is 2. The van der Waals surface area contributed by atoms with Crippen LogP contribution >= 0.6 is 11.6 Å². The van der Waals surface area contributed by atoms with Gasteiger partial charge in [-0.2, -0.15) is 0 Å². The number of fused-ring (bicyclic) bond motifs is 1. The summed E-state index contributed by atoms with van der Waals surface area (Å²) in [7, 11) is 1.66. The van der Waals surface area contributed by atoms with Gasteiger partial charge in [0, 0.05) is 12.7 Å². The van der Waals surface area contributed by atoms with Crippen LogP contribution in [0, 0.1) is 5.92 Å². The van der Waals surface area contributed by atoms with E-state index in [-0.39, 0.29) is 5.91 Å². The molecular formula is C27H29ClN4O2. The second kappa shape index (κ2) is 10.7. The molecule has 0 aliphatic rings. The number of rotatable bonds is 9. The average molecular weight is 477 g/mol. The summed E-state index contributed by atoms with van der Waals surface area (Å²) in [5.74, 6) is 1.93. The second-order valence-electron chi connectivity index (χ2n) is 8.70. The van der Waals surface area contributed by atoms with Gasteiger partial charge in [0.1, 0.15) is 17.1 Å². The third-order valence-corrected chi connectivity index (χ3v) is 6.09. The maximum absolute atomic E-state index is 13.5. The highest BCUT2D eigenvalue weighted by Gasteiger charge is 2.22. The van der Waals surface area contributed by atoms with E-state index in [1.54, 1.807) is 25.4 Å². The molecule has 0 saturated carbocycles. The predicted molar refractivity (Wildman–Crippen MR) is 135 cm³/mol. The van der Waals surface area contributed by atoms with E-state index in [9.17, 15) is 4.79 Å². The van der Waals surface area contributed by atoms with Crippen molar-refractivity contribution >= 4 is 28.7 Å². The molecule has 6 nitrogen and oxygen atoms in total. The molecule has 2 aromatic heterocycles. The topological polar surface area (TPSA) is 60.2 Å². The predicted octanol–water partition coefficient (Wildman–Crippen LogP) is 5.83. The normalized spacial score (nSPS) is 11.2. The molecule has 0 atom stereocenters. The molecule has 0 aliphatic heterocycles. The first kappa shape index (κ1) is 23.8. The van der Waals surface area contributed by atoms with Crippen molar-refractivity contribution in [2.24, 2.45) is 5.92 Å². The van der Waals surface area contributed by atoms with E-state index in [1.807, 2.05) is 53.4 Å². The number of carbonyl (C=O) groups excluding carboxylic acids is 1. The van der Waals surface area contributed by atoms with Crippen molar-refractivity contribution in [2.75, 3.05) is 13.7 Å². The van der Waals surface area contributed by atoms with E-state index in [2.05, 4.69) is 23.4 Å². The number of methoxy groups -OCH3 is 1. The first-order valence-corrected chi connectivity index (χ1v) is 11.8. The Morgan fingerprint density at radius 2 is 1.94 bits per heavy atom. The van der Waals surface area contributed by atoms with Crippen LogP contribution in [-0.4, -0.2) is 39.0 Å². The van der Waals surface area contributed by atoms with Gasteiger partial charge in [-0.1, -0.05) is 49.7 Å². The van der Waals surface area contributed by atoms with Gasteiger partial charge in [-0.05, 0) is 54.3 Å². The van der Waals surface area contributed by atoms with Gasteiger partial charge in [-0.25, -0.2) is 9.97 Å². The second-order valence-corrected chi connectivity index (χ2v) is 9.11. The van der Waals surface area contributed by atoms with Crippen LogP contribution in [0.25, 0.3) is 11.2 Å². The molecule has 0 aliphatic carbocycles. The van der Waals surface area contributed by atoms with Gasteiger partial charge in [-0.15, -0.1) is 0 Å². The Morgan fingerprint density at radius 3 is 2.71 bits per heavy atom. The summed E-state index contributed by atoms with van der Waals surface area (Å²) in [5.41, 5.74) is 3.15. The fourth-order valence-corrected chi connectivity index (χ4v) is 4.10. The van der Waals surface area contributed by atoms with E-state index < -0.39 is 0 Å². The van der Waals surface area contributed by atoms with Gasteiger partial charge in [0.05, 0.1) is 30.8 Å². The summed E-state index contributed by atoms with van der Waals surface area (Å²) in [5, 5.41) is 0.452. The van der Waals surface area contributed by atoms with Crippen LogP contribution in [0.1, 0.15) is 42.0 Å². The molecule has 2 aromatic carbocycles. The summed E-state index contributed by atoms with van der Waals surface area (Å²) < 4.78 is 7.47. The Balaban J connectivity index is 1.71. The molecule has 176 valence electrons. The average Bonchev–Trinajstić information content (AvgIpc) is 3.18. The number of nitrogens with zero attached hydrogens (tertiary/aromatic N) is 4. The van der Waals surface area contributed by atoms with Gasteiger partial charge in [0.25, 0.3) is 5.91 Å². The smallest absolute Gasteiger partial charge is 0.255 e. The summed E-state index contributed by atoms with van der Waals surface area (Å²) in [6, 6.07) is 18.9. The Morgan fingerprint density at radius 1 is 1.12 bits per heavy atom. The van der Waals surface area contributed by atoms with Crippen molar-refractivity contribution in [1.82, 2.24) is 19.4 Å². The van der Waals surface area contributed by atoms with Gasteiger partial charge >= 0.3 is 0 Å². The van der Waals surface area contributed by atoms with Crippen LogP contribution in [-0.2, 0) is 13.1 Å². The molecule has 0 fully saturated rings. The van der Waals surface area contributed by atoms with E-state index in [0.717, 1.165) is 34.7 Å². The quantitative estimate of drug-likeness (QED) is 0.305. The van der Waals surface area contributed by atoms with Gasteiger partial charge in [-0.3, -0.25) is 4.79 Å². The molecular weight excluding hydrogens is 448 g/mol. The van der Waals surface area contributed by atoms with Crippen LogP contribution in [0.5, 0.6) is 5.75 Å². The van der Waals surface area contributed by atoms with Gasteiger partial charge in [0.2, 0.25) is 0 Å². The number of hydrogen-bond donors (Lipinski definition) is 0. The van der Waals surface area contributed by atoms with Crippen LogP contribution in [0.15, 0.2) is 66.9 Å². The molecule has 0 N–H and O–H groups in total. The van der Waals surface area contributed by atoms with Crippen LogP contribution < -0.4 is 4.74 Å². The number of ether oxygens (including phenoxy) is 1. The summed E-state index contributed by atoms with van der Waals surface area (Å²) >= 11 is 6.37. The standard InChI is InChI=1S/C27H29ClN4O2/c1-19(2)13-15-31(27(33)22-10-4-5-11-23(22)28)18-25-30-24-12-7-14-29-26(24)32(25)17-20-8-6-9-21(16-20)34-3/h4-12,14,16,19H,13,15,17-18H2,1-3H3. The van der Waals surface area contributed by atoms with Crippen molar-refractivity contribution in [3.63, 3.8) is 0 Å². The highest BCUT2D eigenvalue weighted by Crippen LogP contribution is 2.23. The molecule has 4 rings (SSSR count). The van der Waals surface area contributed by atoms with Crippen molar-refractivity contribution in [3.8, 4) is 5.75 Å². The lowest BCUT2D eigenvalue weighted by Crippen LogP contribution is -2.33. The molecule has 0 spiro atoms. The molecule has 2 heterocycles. The number of carbonyl (C=O) groups is 1. The van der Waals surface area contributed by atoms with Crippen LogP contribution in [0.4, 0.5) is 0 Å². The molecule has 0 radical (unpaired) electrons. The fraction of sp³-hybridized carbons (Fsp3) is 0.296. The lowest BCUT2D eigenvalue weighted by molar-refractivity contribution is 0.0730. The van der Waals surface area contributed by atoms with Crippen molar-refractivity contribution in [2.45, 2.75) is 33.4 Å². The van der Waals surface area contributed by atoms with Crippen molar-refractivity contribution in [3.05, 3.63) is 88.8 Å².